The highest BCUT2D eigenvalue weighted by Gasteiger charge is 2.29. The second kappa shape index (κ2) is 6.01. The largest absolute Gasteiger partial charge is 0.483 e. The van der Waals surface area contributed by atoms with Gasteiger partial charge in [-0.3, -0.25) is 4.79 Å². The van der Waals surface area contributed by atoms with E-state index in [1.54, 1.807) is 0 Å². The van der Waals surface area contributed by atoms with Gasteiger partial charge in [0, 0.05) is 5.56 Å². The number of ether oxygens (including phenoxy) is 2. The van der Waals surface area contributed by atoms with Crippen molar-refractivity contribution < 1.29 is 27.4 Å². The van der Waals surface area contributed by atoms with Gasteiger partial charge in [0.25, 0.3) is 5.91 Å². The zero-order valence-corrected chi connectivity index (χ0v) is 11.8. The third-order valence-electron chi connectivity index (χ3n) is 2.56. The summed E-state index contributed by atoms with van der Waals surface area (Å²) in [4.78, 5) is 11.9. The van der Waals surface area contributed by atoms with Gasteiger partial charge in [0.1, 0.15) is 5.75 Å². The lowest BCUT2D eigenvalue weighted by atomic mass is 10.1. The van der Waals surface area contributed by atoms with Crippen molar-refractivity contribution in [3.63, 3.8) is 0 Å². The Morgan fingerprint density at radius 3 is 2.70 bits per heavy atom. The van der Waals surface area contributed by atoms with E-state index in [4.69, 9.17) is 4.74 Å². The monoisotopic (exact) mass is 353 g/mol. The lowest BCUT2D eigenvalue weighted by Gasteiger charge is -2.26. The fourth-order valence-electron chi connectivity index (χ4n) is 1.50. The van der Waals surface area contributed by atoms with E-state index in [-0.39, 0.29) is 23.3 Å². The predicted molar refractivity (Wildman–Crippen MR) is 67.8 cm³/mol. The average molecular weight is 354 g/mol. The van der Waals surface area contributed by atoms with Gasteiger partial charge in [0.05, 0.1) is 23.7 Å². The van der Waals surface area contributed by atoms with Crippen LogP contribution in [0.3, 0.4) is 0 Å². The van der Waals surface area contributed by atoms with Crippen molar-refractivity contribution in [3.8, 4) is 5.75 Å². The summed E-state index contributed by atoms with van der Waals surface area (Å²) in [5, 5.41) is 2.69. The highest BCUT2D eigenvalue weighted by molar-refractivity contribution is 9.10. The zero-order chi connectivity index (χ0) is 14.8. The number of halogens is 4. The fourth-order valence-corrected chi connectivity index (χ4v) is 1.86. The first-order chi connectivity index (χ1) is 9.35. The molecule has 0 spiro atoms. The Bertz CT molecular complexity index is 503. The second-order valence-electron chi connectivity index (χ2n) is 4.26. The molecule has 1 aliphatic heterocycles. The summed E-state index contributed by atoms with van der Waals surface area (Å²) >= 11 is 3.08. The molecule has 0 aromatic heterocycles. The molecule has 20 heavy (non-hydrogen) atoms. The van der Waals surface area contributed by atoms with Crippen LogP contribution in [0.5, 0.6) is 5.75 Å². The molecule has 1 aromatic carbocycles. The van der Waals surface area contributed by atoms with Crippen molar-refractivity contribution in [2.45, 2.75) is 12.2 Å². The van der Waals surface area contributed by atoms with Crippen LogP contribution in [0.2, 0.25) is 0 Å². The van der Waals surface area contributed by atoms with Gasteiger partial charge in [-0.2, -0.15) is 13.2 Å². The Labute approximate surface area is 121 Å². The summed E-state index contributed by atoms with van der Waals surface area (Å²) in [6.07, 6.45) is -4.43. The molecule has 0 radical (unpaired) electrons. The maximum atomic E-state index is 12.1. The minimum Gasteiger partial charge on any atom is -0.483 e. The van der Waals surface area contributed by atoms with Crippen LogP contribution >= 0.6 is 15.9 Å². The predicted octanol–water partition coefficient (Wildman–Crippen LogP) is 2.52. The molecule has 0 bridgehead atoms. The van der Waals surface area contributed by atoms with E-state index in [2.05, 4.69) is 26.0 Å². The third kappa shape index (κ3) is 4.11. The van der Waals surface area contributed by atoms with E-state index in [0.717, 1.165) is 0 Å². The van der Waals surface area contributed by atoms with Crippen molar-refractivity contribution in [1.29, 1.82) is 0 Å². The Morgan fingerprint density at radius 1 is 1.45 bits per heavy atom. The van der Waals surface area contributed by atoms with E-state index in [1.807, 2.05) is 0 Å². The minimum absolute atomic E-state index is 0.0279. The molecular formula is C12H11BrF3NO3. The first kappa shape index (κ1) is 15.1. The van der Waals surface area contributed by atoms with Crippen LogP contribution in [0, 0.1) is 0 Å². The third-order valence-corrected chi connectivity index (χ3v) is 3.21. The smallest absolute Gasteiger partial charge is 0.422 e. The van der Waals surface area contributed by atoms with Gasteiger partial charge in [-0.05, 0) is 34.1 Å². The molecule has 0 aliphatic carbocycles. The molecule has 1 saturated heterocycles. The maximum absolute atomic E-state index is 12.1. The fraction of sp³-hybridized carbons (Fsp3) is 0.417. The zero-order valence-electron chi connectivity index (χ0n) is 10.2. The number of benzene rings is 1. The van der Waals surface area contributed by atoms with Crippen molar-refractivity contribution >= 4 is 21.8 Å². The number of amides is 1. The van der Waals surface area contributed by atoms with Gasteiger partial charge in [-0.1, -0.05) is 0 Å². The molecule has 2 rings (SSSR count). The van der Waals surface area contributed by atoms with E-state index in [9.17, 15) is 18.0 Å². The van der Waals surface area contributed by atoms with Crippen molar-refractivity contribution in [1.82, 2.24) is 5.32 Å². The van der Waals surface area contributed by atoms with Crippen molar-refractivity contribution in [3.05, 3.63) is 28.2 Å². The summed E-state index contributed by atoms with van der Waals surface area (Å²) < 4.78 is 46.3. The molecule has 1 fully saturated rings. The normalized spacial score (nSPS) is 15.6. The summed E-state index contributed by atoms with van der Waals surface area (Å²) in [6, 6.07) is 4.19. The van der Waals surface area contributed by atoms with Crippen LogP contribution in [-0.4, -0.2) is 37.9 Å². The summed E-state index contributed by atoms with van der Waals surface area (Å²) in [5.41, 5.74) is 0.234. The van der Waals surface area contributed by atoms with Gasteiger partial charge in [-0.15, -0.1) is 0 Å². The molecule has 1 heterocycles. The number of nitrogens with one attached hydrogen (secondary N) is 1. The maximum Gasteiger partial charge on any atom is 0.422 e. The summed E-state index contributed by atoms with van der Waals surface area (Å²) in [7, 11) is 0. The number of carbonyl (C=O) groups excluding carboxylic acids is 1. The van der Waals surface area contributed by atoms with Crippen LogP contribution in [0.4, 0.5) is 13.2 Å². The van der Waals surface area contributed by atoms with Gasteiger partial charge in [0.15, 0.2) is 6.61 Å². The Balaban J connectivity index is 2.04. The first-order valence-corrected chi connectivity index (χ1v) is 6.52. The van der Waals surface area contributed by atoms with Crippen LogP contribution in [0.1, 0.15) is 10.4 Å². The quantitative estimate of drug-likeness (QED) is 0.904. The van der Waals surface area contributed by atoms with E-state index >= 15 is 0 Å². The average Bonchev–Trinajstić information content (AvgIpc) is 2.31. The minimum atomic E-state index is -4.43. The Morgan fingerprint density at radius 2 is 2.15 bits per heavy atom. The second-order valence-corrected chi connectivity index (χ2v) is 5.11. The summed E-state index contributed by atoms with van der Waals surface area (Å²) in [5.74, 6) is -0.400. The molecule has 0 saturated carbocycles. The van der Waals surface area contributed by atoms with Gasteiger partial charge < -0.3 is 14.8 Å². The van der Waals surface area contributed by atoms with E-state index < -0.39 is 12.8 Å². The molecular weight excluding hydrogens is 343 g/mol. The molecule has 110 valence electrons. The van der Waals surface area contributed by atoms with E-state index in [0.29, 0.717) is 17.7 Å². The molecule has 0 unspecified atom stereocenters. The van der Waals surface area contributed by atoms with Crippen LogP contribution in [0.25, 0.3) is 0 Å². The highest BCUT2D eigenvalue weighted by Crippen LogP contribution is 2.28. The topological polar surface area (TPSA) is 47.6 Å². The first-order valence-electron chi connectivity index (χ1n) is 5.73. The molecule has 1 aliphatic rings. The number of carbonyl (C=O) groups is 1. The lowest BCUT2D eigenvalue weighted by Crippen LogP contribution is -2.48. The lowest BCUT2D eigenvalue weighted by molar-refractivity contribution is -0.153. The van der Waals surface area contributed by atoms with Gasteiger partial charge in [0.2, 0.25) is 0 Å². The van der Waals surface area contributed by atoms with Gasteiger partial charge in [-0.25, -0.2) is 0 Å². The number of alkyl halides is 3. The Hall–Kier alpha value is -1.28. The number of rotatable bonds is 4. The Kier molecular flexibility index (Phi) is 4.54. The number of hydrogen-bond acceptors (Lipinski definition) is 3. The molecule has 1 amide bonds. The van der Waals surface area contributed by atoms with Crippen molar-refractivity contribution in [2.75, 3.05) is 19.8 Å². The van der Waals surface area contributed by atoms with Crippen LogP contribution < -0.4 is 10.1 Å². The van der Waals surface area contributed by atoms with Gasteiger partial charge >= 0.3 is 6.18 Å². The van der Waals surface area contributed by atoms with Crippen LogP contribution in [0.15, 0.2) is 22.7 Å². The molecule has 0 atom stereocenters. The summed E-state index contributed by atoms with van der Waals surface area (Å²) in [6.45, 7) is -0.521. The molecule has 1 aromatic rings. The standard InChI is InChI=1S/C12H11BrF3NO3/c13-9-2-1-7(11(18)17-8-4-19-5-8)3-10(9)20-6-12(14,15)16/h1-3,8H,4-6H2,(H,17,18). The van der Waals surface area contributed by atoms with E-state index in [1.165, 1.54) is 18.2 Å². The number of hydrogen-bond donors (Lipinski definition) is 1. The highest BCUT2D eigenvalue weighted by atomic mass is 79.9. The molecule has 1 N–H and O–H groups in total. The molecule has 8 heteroatoms. The van der Waals surface area contributed by atoms with Crippen LogP contribution in [-0.2, 0) is 4.74 Å². The molecule has 4 nitrogen and oxygen atoms in total. The van der Waals surface area contributed by atoms with Crippen molar-refractivity contribution in [2.24, 2.45) is 0 Å². The SMILES string of the molecule is O=C(NC1COC1)c1ccc(Br)c(OCC(F)(F)F)c1.